The van der Waals surface area contributed by atoms with Crippen LogP contribution in [0.1, 0.15) is 23.6 Å². The first-order chi connectivity index (χ1) is 12.0. The number of halogens is 3. The number of nitrogens with zero attached hydrogens (tertiary/aromatic N) is 1. The molecule has 1 N–H and O–H groups in total. The van der Waals surface area contributed by atoms with Crippen molar-refractivity contribution in [1.29, 1.82) is 0 Å². The maximum atomic E-state index is 13.9. The Morgan fingerprint density at radius 1 is 1.24 bits per heavy atom. The van der Waals surface area contributed by atoms with E-state index in [4.69, 9.17) is 23.2 Å². The molecule has 0 bridgehead atoms. The first kappa shape index (κ1) is 18.2. The van der Waals surface area contributed by atoms with E-state index < -0.39 is 5.82 Å². The summed E-state index contributed by atoms with van der Waals surface area (Å²) in [6.45, 7) is 0.874. The molecule has 1 aliphatic rings. The zero-order valence-electron chi connectivity index (χ0n) is 13.8. The molecule has 1 amide bonds. The van der Waals surface area contributed by atoms with Gasteiger partial charge in [0.2, 0.25) is 5.91 Å². The van der Waals surface area contributed by atoms with Gasteiger partial charge in [0.1, 0.15) is 5.82 Å². The zero-order chi connectivity index (χ0) is 18.0. The monoisotopic (exact) mass is 380 g/mol. The molecule has 2 atom stereocenters. The van der Waals surface area contributed by atoms with Crippen LogP contribution >= 0.6 is 23.2 Å². The summed E-state index contributed by atoms with van der Waals surface area (Å²) in [5.74, 6) is -0.688. The summed E-state index contributed by atoms with van der Waals surface area (Å²) in [5.41, 5.74) is 1.33. The first-order valence-corrected chi connectivity index (χ1v) is 8.89. The molecule has 25 heavy (non-hydrogen) atoms. The van der Waals surface area contributed by atoms with E-state index in [1.54, 1.807) is 6.07 Å². The van der Waals surface area contributed by atoms with E-state index in [1.807, 2.05) is 31.3 Å². The predicted molar refractivity (Wildman–Crippen MR) is 98.5 cm³/mol. The molecule has 2 unspecified atom stereocenters. The second kappa shape index (κ2) is 7.73. The van der Waals surface area contributed by atoms with Crippen molar-refractivity contribution >= 4 is 29.1 Å². The molecular formula is C19H19Cl2FN2O. The molecule has 0 aromatic heterocycles. The summed E-state index contributed by atoms with van der Waals surface area (Å²) >= 11 is 12.0. The van der Waals surface area contributed by atoms with Crippen LogP contribution in [-0.4, -0.2) is 30.4 Å². The molecule has 2 aromatic carbocycles. The van der Waals surface area contributed by atoms with E-state index in [0.717, 1.165) is 18.5 Å². The Labute approximate surface area is 156 Å². The average molecular weight is 381 g/mol. The molecule has 2 aromatic rings. The van der Waals surface area contributed by atoms with Gasteiger partial charge in [-0.15, -0.1) is 0 Å². The fourth-order valence-corrected chi connectivity index (χ4v) is 3.72. The van der Waals surface area contributed by atoms with Crippen LogP contribution < -0.4 is 5.32 Å². The van der Waals surface area contributed by atoms with Crippen molar-refractivity contribution in [3.05, 3.63) is 69.5 Å². The van der Waals surface area contributed by atoms with Crippen LogP contribution in [0.15, 0.2) is 42.5 Å². The standard InChI is InChI=1S/C19H19Cl2FN2O/c1-24-10-9-17(19(24)12-5-7-13(20)8-6-12)23-18(25)11-14-15(21)3-2-4-16(14)22/h2-8,17,19H,9-11H2,1H3,(H,23,25). The SMILES string of the molecule is CN1CCC(NC(=O)Cc2c(F)cccc2Cl)C1c1ccc(Cl)cc1. The van der Waals surface area contributed by atoms with Crippen LogP contribution in [-0.2, 0) is 11.2 Å². The van der Waals surface area contributed by atoms with Crippen LogP contribution in [0.4, 0.5) is 4.39 Å². The van der Waals surface area contributed by atoms with Gasteiger partial charge in [0.05, 0.1) is 12.5 Å². The highest BCUT2D eigenvalue weighted by atomic mass is 35.5. The molecule has 0 spiro atoms. The number of carbonyl (C=O) groups is 1. The maximum Gasteiger partial charge on any atom is 0.224 e. The van der Waals surface area contributed by atoms with E-state index in [0.29, 0.717) is 5.02 Å². The quantitative estimate of drug-likeness (QED) is 0.860. The minimum absolute atomic E-state index is 0.0378. The Kier molecular flexibility index (Phi) is 5.62. The van der Waals surface area contributed by atoms with Gasteiger partial charge in [-0.25, -0.2) is 4.39 Å². The minimum atomic E-state index is -0.458. The molecule has 0 radical (unpaired) electrons. The van der Waals surface area contributed by atoms with Gasteiger partial charge in [-0.3, -0.25) is 9.69 Å². The van der Waals surface area contributed by atoms with Gasteiger partial charge >= 0.3 is 0 Å². The van der Waals surface area contributed by atoms with E-state index in [1.165, 1.54) is 12.1 Å². The molecular weight excluding hydrogens is 362 g/mol. The normalized spacial score (nSPS) is 20.6. The van der Waals surface area contributed by atoms with E-state index in [9.17, 15) is 9.18 Å². The lowest BCUT2D eigenvalue weighted by Crippen LogP contribution is -2.39. The molecule has 6 heteroatoms. The number of likely N-dealkylation sites (tertiary alicyclic amines) is 1. The summed E-state index contributed by atoms with van der Waals surface area (Å²) in [6, 6.07) is 12.1. The van der Waals surface area contributed by atoms with Crippen molar-refractivity contribution in [2.24, 2.45) is 0 Å². The Morgan fingerprint density at radius 2 is 1.96 bits per heavy atom. The first-order valence-electron chi connectivity index (χ1n) is 8.13. The lowest BCUT2D eigenvalue weighted by Gasteiger charge is -2.26. The van der Waals surface area contributed by atoms with Crippen molar-refractivity contribution in [1.82, 2.24) is 10.2 Å². The molecule has 132 valence electrons. The Bertz CT molecular complexity index is 746. The van der Waals surface area contributed by atoms with Crippen molar-refractivity contribution in [2.75, 3.05) is 13.6 Å². The third-order valence-electron chi connectivity index (χ3n) is 4.61. The molecule has 3 rings (SSSR count). The zero-order valence-corrected chi connectivity index (χ0v) is 15.3. The fraction of sp³-hybridized carbons (Fsp3) is 0.316. The highest BCUT2D eigenvalue weighted by molar-refractivity contribution is 6.31. The van der Waals surface area contributed by atoms with Gasteiger partial charge in [0.25, 0.3) is 0 Å². The van der Waals surface area contributed by atoms with Crippen molar-refractivity contribution in [3.8, 4) is 0 Å². The average Bonchev–Trinajstić information content (AvgIpc) is 2.92. The number of hydrogen-bond donors (Lipinski definition) is 1. The van der Waals surface area contributed by atoms with Crippen molar-refractivity contribution in [2.45, 2.75) is 24.9 Å². The molecule has 1 heterocycles. The summed E-state index contributed by atoms with van der Waals surface area (Å²) in [5, 5.41) is 3.99. The molecule has 0 saturated carbocycles. The number of benzene rings is 2. The van der Waals surface area contributed by atoms with Crippen LogP contribution in [0.3, 0.4) is 0 Å². The topological polar surface area (TPSA) is 32.3 Å². The summed E-state index contributed by atoms with van der Waals surface area (Å²) in [7, 11) is 2.03. The van der Waals surface area contributed by atoms with Crippen LogP contribution in [0.5, 0.6) is 0 Å². The third kappa shape index (κ3) is 4.14. The fourth-order valence-electron chi connectivity index (χ4n) is 3.36. The minimum Gasteiger partial charge on any atom is -0.351 e. The van der Waals surface area contributed by atoms with Gasteiger partial charge in [0, 0.05) is 28.2 Å². The Morgan fingerprint density at radius 3 is 2.64 bits per heavy atom. The Hall–Kier alpha value is -1.62. The smallest absolute Gasteiger partial charge is 0.224 e. The van der Waals surface area contributed by atoms with E-state index >= 15 is 0 Å². The second-order valence-corrected chi connectivity index (χ2v) is 7.16. The summed E-state index contributed by atoms with van der Waals surface area (Å²) < 4.78 is 13.9. The highest BCUT2D eigenvalue weighted by Gasteiger charge is 2.34. The maximum absolute atomic E-state index is 13.9. The largest absolute Gasteiger partial charge is 0.351 e. The van der Waals surface area contributed by atoms with Crippen LogP contribution in [0.2, 0.25) is 10.0 Å². The number of hydrogen-bond acceptors (Lipinski definition) is 2. The lowest BCUT2D eigenvalue weighted by atomic mass is 10.00. The van der Waals surface area contributed by atoms with E-state index in [-0.39, 0.29) is 35.0 Å². The molecule has 0 aliphatic carbocycles. The molecule has 1 fully saturated rings. The number of amides is 1. The predicted octanol–water partition coefficient (Wildman–Crippen LogP) is 4.24. The number of nitrogens with one attached hydrogen (secondary N) is 1. The Balaban J connectivity index is 1.72. The summed E-state index contributed by atoms with van der Waals surface area (Å²) in [4.78, 5) is 14.6. The van der Waals surface area contributed by atoms with Gasteiger partial charge in [-0.05, 0) is 43.3 Å². The van der Waals surface area contributed by atoms with Crippen molar-refractivity contribution in [3.63, 3.8) is 0 Å². The third-order valence-corrected chi connectivity index (χ3v) is 5.21. The number of likely N-dealkylation sites (N-methyl/N-ethyl adjacent to an activating group) is 1. The van der Waals surface area contributed by atoms with Gasteiger partial charge < -0.3 is 5.32 Å². The van der Waals surface area contributed by atoms with Gasteiger partial charge in [-0.2, -0.15) is 0 Å². The van der Waals surface area contributed by atoms with Gasteiger partial charge in [-0.1, -0.05) is 41.4 Å². The molecule has 3 nitrogen and oxygen atoms in total. The lowest BCUT2D eigenvalue weighted by molar-refractivity contribution is -0.121. The number of carbonyl (C=O) groups excluding carboxylic acids is 1. The molecule has 1 saturated heterocycles. The summed E-state index contributed by atoms with van der Waals surface area (Å²) in [6.07, 6.45) is 0.763. The van der Waals surface area contributed by atoms with Gasteiger partial charge in [0.15, 0.2) is 0 Å². The molecule has 1 aliphatic heterocycles. The van der Waals surface area contributed by atoms with E-state index in [2.05, 4.69) is 10.2 Å². The number of rotatable bonds is 4. The van der Waals surface area contributed by atoms with Crippen LogP contribution in [0.25, 0.3) is 0 Å². The highest BCUT2D eigenvalue weighted by Crippen LogP contribution is 2.31. The van der Waals surface area contributed by atoms with Crippen LogP contribution in [0, 0.1) is 5.82 Å². The second-order valence-electron chi connectivity index (χ2n) is 6.32. The van der Waals surface area contributed by atoms with Crippen molar-refractivity contribution < 1.29 is 9.18 Å².